The Morgan fingerprint density at radius 2 is 1.74 bits per heavy atom. The molecule has 4 fully saturated rings. The fourth-order valence-corrected chi connectivity index (χ4v) is 7.83. The van der Waals surface area contributed by atoms with Crippen LogP contribution < -0.4 is 26.2 Å². The summed E-state index contributed by atoms with van der Waals surface area (Å²) in [4.78, 5) is 13.1. The molecule has 0 bridgehead atoms. The number of carbonyl (C=O) groups is 1. The number of amides is 1. The minimum absolute atomic E-state index is 0.192. The Balaban J connectivity index is 1.04. The Bertz CT molecular complexity index is 1130. The van der Waals surface area contributed by atoms with E-state index >= 15 is 0 Å². The molecule has 2 aromatic carbocycles. The number of carbonyl (C=O) groups excluding carboxylic acids is 1. The van der Waals surface area contributed by atoms with Gasteiger partial charge >= 0.3 is 0 Å². The molecular formula is C29H36N4O2. The van der Waals surface area contributed by atoms with Gasteiger partial charge in [-0.3, -0.25) is 10.2 Å². The molecule has 3 heterocycles. The fraction of sp³-hybridized carbons (Fsp3) is 0.552. The zero-order valence-electron chi connectivity index (χ0n) is 20.5. The number of benzene rings is 2. The lowest BCUT2D eigenvalue weighted by molar-refractivity contribution is -0.118. The third-order valence-corrected chi connectivity index (χ3v) is 9.85. The van der Waals surface area contributed by atoms with E-state index in [4.69, 9.17) is 4.74 Å². The summed E-state index contributed by atoms with van der Waals surface area (Å²) in [6, 6.07) is 16.3. The quantitative estimate of drug-likeness (QED) is 0.541. The monoisotopic (exact) mass is 472 g/mol. The molecule has 6 nitrogen and oxygen atoms in total. The van der Waals surface area contributed by atoms with Crippen LogP contribution in [-0.2, 0) is 10.2 Å². The first-order valence-electron chi connectivity index (χ1n) is 13.5. The third-order valence-electron chi connectivity index (χ3n) is 9.85. The summed E-state index contributed by atoms with van der Waals surface area (Å²) in [5.74, 6) is 3.35. The smallest absolute Gasteiger partial charge is 0.235 e. The normalized spacial score (nSPS) is 36.0. The van der Waals surface area contributed by atoms with Gasteiger partial charge in [-0.2, -0.15) is 0 Å². The van der Waals surface area contributed by atoms with Crippen molar-refractivity contribution in [2.24, 2.45) is 17.8 Å². The van der Waals surface area contributed by atoms with Crippen LogP contribution in [0.25, 0.3) is 0 Å². The Morgan fingerprint density at radius 1 is 0.943 bits per heavy atom. The molecule has 3 aliphatic heterocycles. The summed E-state index contributed by atoms with van der Waals surface area (Å²) in [7, 11) is 1.69. The number of hydrazine groups is 1. The van der Waals surface area contributed by atoms with Gasteiger partial charge in [-0.1, -0.05) is 24.3 Å². The molecule has 5 unspecified atom stereocenters. The second kappa shape index (κ2) is 8.32. The van der Waals surface area contributed by atoms with Crippen molar-refractivity contribution in [3.63, 3.8) is 0 Å². The molecule has 184 valence electrons. The van der Waals surface area contributed by atoms with Crippen molar-refractivity contribution >= 4 is 11.6 Å². The van der Waals surface area contributed by atoms with Crippen molar-refractivity contribution in [3.05, 3.63) is 59.2 Å². The maximum absolute atomic E-state index is 13.1. The van der Waals surface area contributed by atoms with Gasteiger partial charge in [0, 0.05) is 11.7 Å². The van der Waals surface area contributed by atoms with Gasteiger partial charge in [-0.05, 0) is 110 Å². The Kier molecular flexibility index (Phi) is 5.19. The number of methoxy groups -OCH3 is 1. The lowest BCUT2D eigenvalue weighted by Crippen LogP contribution is -2.37. The number of hydrogen-bond acceptors (Lipinski definition) is 5. The van der Waals surface area contributed by atoms with E-state index in [0.29, 0.717) is 35.8 Å². The third kappa shape index (κ3) is 3.45. The number of fused-ring (bicyclic) bond motifs is 3. The van der Waals surface area contributed by atoms with E-state index in [2.05, 4.69) is 51.8 Å². The van der Waals surface area contributed by atoms with E-state index in [0.717, 1.165) is 42.9 Å². The SMILES string of the molecule is COc1ccc2c(c1)[C@]1(CC1C1CCC3C(C1)NNC3c1ccc(C3CCNCC3)cc1)C(=O)N2. The number of ether oxygens (including phenoxy) is 1. The molecule has 1 spiro atoms. The molecule has 2 aliphatic carbocycles. The highest BCUT2D eigenvalue weighted by atomic mass is 16.5. The molecule has 2 aromatic rings. The maximum Gasteiger partial charge on any atom is 0.235 e. The molecule has 4 N–H and O–H groups in total. The van der Waals surface area contributed by atoms with Crippen molar-refractivity contribution in [2.75, 3.05) is 25.5 Å². The first kappa shape index (κ1) is 21.8. The maximum atomic E-state index is 13.1. The van der Waals surface area contributed by atoms with Crippen molar-refractivity contribution < 1.29 is 9.53 Å². The van der Waals surface area contributed by atoms with Gasteiger partial charge in [0.15, 0.2) is 0 Å². The number of anilines is 1. The summed E-state index contributed by atoms with van der Waals surface area (Å²) in [5, 5.41) is 6.62. The van der Waals surface area contributed by atoms with Crippen molar-refractivity contribution in [1.82, 2.24) is 16.2 Å². The first-order valence-corrected chi connectivity index (χ1v) is 13.5. The van der Waals surface area contributed by atoms with Crippen LogP contribution in [0.2, 0.25) is 0 Å². The second-order valence-electron chi connectivity index (χ2n) is 11.4. The molecule has 7 rings (SSSR count). The summed E-state index contributed by atoms with van der Waals surface area (Å²) >= 11 is 0. The molecule has 0 aromatic heterocycles. The van der Waals surface area contributed by atoms with E-state index in [1.165, 1.54) is 36.8 Å². The van der Waals surface area contributed by atoms with Crippen molar-refractivity contribution in [2.45, 2.75) is 61.9 Å². The minimum atomic E-state index is -0.336. The van der Waals surface area contributed by atoms with Gasteiger partial charge in [0.25, 0.3) is 0 Å². The molecule has 2 saturated carbocycles. The zero-order valence-corrected chi connectivity index (χ0v) is 20.5. The number of piperidine rings is 1. The minimum Gasteiger partial charge on any atom is -0.497 e. The van der Waals surface area contributed by atoms with Gasteiger partial charge in [0.1, 0.15) is 5.75 Å². The largest absolute Gasteiger partial charge is 0.497 e. The van der Waals surface area contributed by atoms with Crippen molar-refractivity contribution in [1.29, 1.82) is 0 Å². The second-order valence-corrected chi connectivity index (χ2v) is 11.4. The van der Waals surface area contributed by atoms with Gasteiger partial charge in [-0.25, -0.2) is 5.43 Å². The highest BCUT2D eigenvalue weighted by molar-refractivity contribution is 6.09. The van der Waals surface area contributed by atoms with Crippen molar-refractivity contribution in [3.8, 4) is 5.75 Å². The van der Waals surface area contributed by atoms with Gasteiger partial charge < -0.3 is 15.4 Å². The molecular weight excluding hydrogens is 436 g/mol. The Labute approximate surface area is 207 Å². The standard InChI is InChI=1S/C29H36N4O2/c1-35-21-7-9-25-23(15-21)29(28(34)31-25)16-24(29)20-6-8-22-26(14-20)32-33-27(22)19-4-2-17(3-5-19)18-10-12-30-13-11-18/h2-5,7,9,15,18,20,22,24,26-27,30,32-33H,6,8,10-14,16H2,1H3,(H,31,34)/t20?,22?,24?,26?,27?,29-/m0/s1. The van der Waals surface area contributed by atoms with E-state index in [1.807, 2.05) is 12.1 Å². The molecule has 1 amide bonds. The molecule has 5 aliphatic rings. The molecule has 2 saturated heterocycles. The summed E-state index contributed by atoms with van der Waals surface area (Å²) < 4.78 is 5.47. The van der Waals surface area contributed by atoms with E-state index < -0.39 is 0 Å². The van der Waals surface area contributed by atoms with Gasteiger partial charge in [0.05, 0.1) is 18.6 Å². The number of rotatable bonds is 4. The van der Waals surface area contributed by atoms with Crippen LogP contribution in [0.5, 0.6) is 5.75 Å². The topological polar surface area (TPSA) is 74.4 Å². The highest BCUT2D eigenvalue weighted by Gasteiger charge is 2.67. The Morgan fingerprint density at radius 3 is 2.54 bits per heavy atom. The molecule has 35 heavy (non-hydrogen) atoms. The molecule has 0 radical (unpaired) electrons. The average Bonchev–Trinajstić information content (AvgIpc) is 3.44. The summed E-state index contributed by atoms with van der Waals surface area (Å²) in [5.41, 5.74) is 12.0. The zero-order chi connectivity index (χ0) is 23.6. The number of nitrogens with one attached hydrogen (secondary N) is 4. The van der Waals surface area contributed by atoms with E-state index in [-0.39, 0.29) is 11.3 Å². The van der Waals surface area contributed by atoms with Gasteiger partial charge in [0.2, 0.25) is 5.91 Å². The molecule has 6 atom stereocenters. The Hall–Kier alpha value is -2.41. The van der Waals surface area contributed by atoms with Crippen LogP contribution >= 0.6 is 0 Å². The lowest BCUT2D eigenvalue weighted by Gasteiger charge is -2.34. The predicted molar refractivity (Wildman–Crippen MR) is 136 cm³/mol. The van der Waals surface area contributed by atoms with E-state index in [9.17, 15) is 4.79 Å². The summed E-state index contributed by atoms with van der Waals surface area (Å²) in [6.07, 6.45) is 7.00. The molecule has 6 heteroatoms. The highest BCUT2D eigenvalue weighted by Crippen LogP contribution is 2.65. The van der Waals surface area contributed by atoms with Crippen LogP contribution in [0.15, 0.2) is 42.5 Å². The lowest BCUT2D eigenvalue weighted by atomic mass is 9.72. The number of hydrogen-bond donors (Lipinski definition) is 4. The average molecular weight is 473 g/mol. The van der Waals surface area contributed by atoms with Crippen LogP contribution in [-0.4, -0.2) is 32.1 Å². The first-order chi connectivity index (χ1) is 17.2. The predicted octanol–water partition coefficient (Wildman–Crippen LogP) is 4.01. The van der Waals surface area contributed by atoms with Crippen LogP contribution in [0.1, 0.15) is 67.2 Å². The summed E-state index contributed by atoms with van der Waals surface area (Å²) in [6.45, 7) is 2.27. The fourth-order valence-electron chi connectivity index (χ4n) is 7.83. The van der Waals surface area contributed by atoms with Crippen LogP contribution in [0.3, 0.4) is 0 Å². The van der Waals surface area contributed by atoms with Gasteiger partial charge in [-0.15, -0.1) is 0 Å². The van der Waals surface area contributed by atoms with E-state index in [1.54, 1.807) is 7.11 Å². The van der Waals surface area contributed by atoms with Crippen LogP contribution in [0, 0.1) is 17.8 Å². The van der Waals surface area contributed by atoms with Crippen LogP contribution in [0.4, 0.5) is 5.69 Å².